The van der Waals surface area contributed by atoms with Crippen LogP contribution >= 0.6 is 23.2 Å². The van der Waals surface area contributed by atoms with Crippen LogP contribution in [0.4, 0.5) is 4.79 Å². The molecule has 0 spiro atoms. The molecule has 0 aliphatic heterocycles. The van der Waals surface area contributed by atoms with Crippen molar-refractivity contribution in [2.24, 2.45) is 5.73 Å². The minimum Gasteiger partial charge on any atom is -0.445 e. The van der Waals surface area contributed by atoms with E-state index in [0.29, 0.717) is 15.6 Å². The van der Waals surface area contributed by atoms with Crippen molar-refractivity contribution in [3.05, 3.63) is 106 Å². The third-order valence-electron chi connectivity index (χ3n) is 5.23. The van der Waals surface area contributed by atoms with Gasteiger partial charge in [0.1, 0.15) is 18.7 Å². The number of carbonyl (C=O) groups is 3. The summed E-state index contributed by atoms with van der Waals surface area (Å²) in [6.45, 7) is 0.0429. The number of amides is 3. The molecule has 7 nitrogen and oxygen atoms in total. The van der Waals surface area contributed by atoms with Gasteiger partial charge in [0.2, 0.25) is 11.8 Å². The fourth-order valence-electron chi connectivity index (χ4n) is 3.39. The Morgan fingerprint density at radius 1 is 0.743 bits per heavy atom. The van der Waals surface area contributed by atoms with Gasteiger partial charge in [0, 0.05) is 22.9 Å². The number of nitrogens with two attached hydrogens (primary N) is 1. The molecule has 0 aromatic heterocycles. The number of primary amides is 1. The van der Waals surface area contributed by atoms with Crippen molar-refractivity contribution >= 4 is 41.1 Å². The molecule has 0 unspecified atom stereocenters. The Hall–Kier alpha value is -3.55. The molecule has 0 fully saturated rings. The van der Waals surface area contributed by atoms with Gasteiger partial charge in [-0.05, 0) is 28.8 Å². The molecule has 0 saturated heterocycles. The lowest BCUT2D eigenvalue weighted by Crippen LogP contribution is -2.54. The summed E-state index contributed by atoms with van der Waals surface area (Å²) >= 11 is 12.4. The summed E-state index contributed by atoms with van der Waals surface area (Å²) in [5.74, 6) is -1.36. The summed E-state index contributed by atoms with van der Waals surface area (Å²) in [5.41, 5.74) is 7.64. The lowest BCUT2D eigenvalue weighted by atomic mass is 10.0. The molecule has 0 heterocycles. The van der Waals surface area contributed by atoms with Crippen molar-refractivity contribution in [2.45, 2.75) is 31.5 Å². The van der Waals surface area contributed by atoms with E-state index in [1.54, 1.807) is 18.2 Å². The highest BCUT2D eigenvalue weighted by molar-refractivity contribution is 6.36. The predicted molar refractivity (Wildman–Crippen MR) is 135 cm³/mol. The van der Waals surface area contributed by atoms with Gasteiger partial charge in [0.05, 0.1) is 0 Å². The molecule has 3 aromatic rings. The number of hydrogen-bond acceptors (Lipinski definition) is 4. The quantitative estimate of drug-likeness (QED) is 0.379. The van der Waals surface area contributed by atoms with Crippen LogP contribution in [0.25, 0.3) is 0 Å². The van der Waals surface area contributed by atoms with Crippen LogP contribution in [0.5, 0.6) is 0 Å². The molecular formula is C26H25Cl2N3O4. The summed E-state index contributed by atoms with van der Waals surface area (Å²) in [4.78, 5) is 37.8. The molecule has 0 radical (unpaired) electrons. The zero-order valence-corrected chi connectivity index (χ0v) is 20.3. The van der Waals surface area contributed by atoms with Gasteiger partial charge in [-0.25, -0.2) is 4.79 Å². The van der Waals surface area contributed by atoms with E-state index in [-0.39, 0.29) is 19.4 Å². The van der Waals surface area contributed by atoms with Crippen LogP contribution in [0, 0.1) is 0 Å². The number of alkyl carbamates (subject to hydrolysis) is 1. The van der Waals surface area contributed by atoms with Gasteiger partial charge >= 0.3 is 6.09 Å². The number of halogens is 2. The Kier molecular flexibility index (Phi) is 9.52. The highest BCUT2D eigenvalue weighted by atomic mass is 35.5. The minimum absolute atomic E-state index is 0.00388. The second kappa shape index (κ2) is 12.8. The summed E-state index contributed by atoms with van der Waals surface area (Å²) < 4.78 is 5.27. The first-order valence-corrected chi connectivity index (χ1v) is 11.6. The molecule has 0 aliphatic carbocycles. The zero-order chi connectivity index (χ0) is 25.2. The Labute approximate surface area is 213 Å². The molecule has 4 N–H and O–H groups in total. The van der Waals surface area contributed by atoms with Gasteiger partial charge in [0.25, 0.3) is 0 Å². The third-order valence-corrected chi connectivity index (χ3v) is 5.94. The summed E-state index contributed by atoms with van der Waals surface area (Å²) in [7, 11) is 0. The fraction of sp³-hybridized carbons (Fsp3) is 0.192. The molecule has 9 heteroatoms. The summed E-state index contributed by atoms with van der Waals surface area (Å²) in [5, 5.41) is 5.90. The zero-order valence-electron chi connectivity index (χ0n) is 18.7. The van der Waals surface area contributed by atoms with Gasteiger partial charge in [-0.15, -0.1) is 0 Å². The van der Waals surface area contributed by atoms with Crippen molar-refractivity contribution in [3.8, 4) is 0 Å². The molecule has 35 heavy (non-hydrogen) atoms. The van der Waals surface area contributed by atoms with Crippen LogP contribution in [0.2, 0.25) is 10.0 Å². The molecule has 0 aliphatic rings. The van der Waals surface area contributed by atoms with E-state index in [2.05, 4.69) is 10.6 Å². The number of ether oxygens (including phenoxy) is 1. The lowest BCUT2D eigenvalue weighted by molar-refractivity contribution is -0.128. The molecular weight excluding hydrogens is 489 g/mol. The van der Waals surface area contributed by atoms with Crippen molar-refractivity contribution in [3.63, 3.8) is 0 Å². The Balaban J connectivity index is 1.72. The average molecular weight is 514 g/mol. The topological polar surface area (TPSA) is 111 Å². The molecule has 0 bridgehead atoms. The maximum atomic E-state index is 13.2. The first-order valence-electron chi connectivity index (χ1n) is 10.9. The van der Waals surface area contributed by atoms with Crippen LogP contribution in [-0.4, -0.2) is 30.0 Å². The number of benzene rings is 3. The van der Waals surface area contributed by atoms with Crippen LogP contribution < -0.4 is 16.4 Å². The number of nitrogens with one attached hydrogen (secondary N) is 2. The monoisotopic (exact) mass is 513 g/mol. The SMILES string of the molecule is NC(=O)[C@@H](Cc1c(Cl)cccc1Cl)NC(=O)[C@@H](Cc1ccccc1)NC(=O)OCc1ccccc1. The second-order valence-electron chi connectivity index (χ2n) is 7.82. The lowest BCUT2D eigenvalue weighted by Gasteiger charge is -2.22. The molecule has 182 valence electrons. The van der Waals surface area contributed by atoms with E-state index in [0.717, 1.165) is 11.1 Å². The first-order chi connectivity index (χ1) is 16.8. The summed E-state index contributed by atoms with van der Waals surface area (Å²) in [6, 6.07) is 21.1. The van der Waals surface area contributed by atoms with E-state index in [1.807, 2.05) is 60.7 Å². The Bertz CT molecular complexity index is 1140. The van der Waals surface area contributed by atoms with Crippen molar-refractivity contribution < 1.29 is 19.1 Å². The minimum atomic E-state index is -1.10. The Morgan fingerprint density at radius 2 is 1.31 bits per heavy atom. The van der Waals surface area contributed by atoms with Crippen LogP contribution in [0.15, 0.2) is 78.9 Å². The molecule has 3 amide bonds. The van der Waals surface area contributed by atoms with Gasteiger partial charge < -0.3 is 21.1 Å². The van der Waals surface area contributed by atoms with Gasteiger partial charge in [-0.1, -0.05) is 89.9 Å². The van der Waals surface area contributed by atoms with Crippen molar-refractivity contribution in [1.82, 2.24) is 10.6 Å². The average Bonchev–Trinajstić information content (AvgIpc) is 2.85. The van der Waals surface area contributed by atoms with E-state index in [4.69, 9.17) is 33.7 Å². The van der Waals surface area contributed by atoms with E-state index >= 15 is 0 Å². The largest absolute Gasteiger partial charge is 0.445 e. The van der Waals surface area contributed by atoms with E-state index < -0.39 is 30.0 Å². The number of hydrogen-bond donors (Lipinski definition) is 3. The number of carbonyl (C=O) groups excluding carboxylic acids is 3. The molecule has 3 rings (SSSR count). The standard InChI is InChI=1S/C26H25Cl2N3O4/c27-20-12-7-13-21(28)19(20)15-22(24(29)32)30-25(33)23(14-17-8-3-1-4-9-17)31-26(34)35-16-18-10-5-2-6-11-18/h1-13,22-23H,14-16H2,(H2,29,32)(H,30,33)(H,31,34)/t22-,23-/m1/s1. The van der Waals surface area contributed by atoms with Gasteiger partial charge in [0.15, 0.2) is 0 Å². The molecule has 3 aromatic carbocycles. The van der Waals surface area contributed by atoms with E-state index in [1.165, 1.54) is 0 Å². The first kappa shape index (κ1) is 26.1. The predicted octanol–water partition coefficient (Wildman–Crippen LogP) is 4.04. The number of rotatable bonds is 10. The van der Waals surface area contributed by atoms with E-state index in [9.17, 15) is 14.4 Å². The highest BCUT2D eigenvalue weighted by Gasteiger charge is 2.27. The van der Waals surface area contributed by atoms with Crippen molar-refractivity contribution in [1.29, 1.82) is 0 Å². The van der Waals surface area contributed by atoms with Crippen molar-refractivity contribution in [2.75, 3.05) is 0 Å². The maximum absolute atomic E-state index is 13.2. The second-order valence-corrected chi connectivity index (χ2v) is 8.63. The fourth-order valence-corrected chi connectivity index (χ4v) is 3.94. The smallest absolute Gasteiger partial charge is 0.408 e. The highest BCUT2D eigenvalue weighted by Crippen LogP contribution is 2.25. The van der Waals surface area contributed by atoms with Crippen LogP contribution in [-0.2, 0) is 33.8 Å². The third kappa shape index (κ3) is 8.02. The normalized spacial score (nSPS) is 12.3. The Morgan fingerprint density at radius 3 is 1.89 bits per heavy atom. The molecule has 0 saturated carbocycles. The maximum Gasteiger partial charge on any atom is 0.408 e. The van der Waals surface area contributed by atoms with Gasteiger partial charge in [-0.2, -0.15) is 0 Å². The molecule has 2 atom stereocenters. The summed E-state index contributed by atoms with van der Waals surface area (Å²) in [6.07, 6.45) is -0.601. The van der Waals surface area contributed by atoms with Crippen LogP contribution in [0.3, 0.4) is 0 Å². The van der Waals surface area contributed by atoms with Crippen LogP contribution in [0.1, 0.15) is 16.7 Å². The van der Waals surface area contributed by atoms with Gasteiger partial charge in [-0.3, -0.25) is 9.59 Å².